The molecule has 2 fully saturated rings. The summed E-state index contributed by atoms with van der Waals surface area (Å²) in [6, 6.07) is 27.9. The van der Waals surface area contributed by atoms with Crippen LogP contribution in [0.3, 0.4) is 0 Å². The van der Waals surface area contributed by atoms with Crippen LogP contribution >= 0.6 is 21.6 Å². The topological polar surface area (TPSA) is 184 Å². The Kier molecular flexibility index (Phi) is 16.1. The molecule has 0 unspecified atom stereocenters. The molecule has 3 heterocycles. The van der Waals surface area contributed by atoms with Gasteiger partial charge in [0.2, 0.25) is 0 Å². The van der Waals surface area contributed by atoms with Gasteiger partial charge in [0.05, 0.1) is 18.3 Å². The van der Waals surface area contributed by atoms with Crippen LogP contribution in [0.15, 0.2) is 132 Å². The number of H-pyrrole nitrogens is 1. The van der Waals surface area contributed by atoms with E-state index in [1.165, 1.54) is 22.3 Å². The molecule has 6 aliphatic carbocycles. The molecule has 2 spiro atoms. The summed E-state index contributed by atoms with van der Waals surface area (Å²) in [5.74, 6) is 8.93. The fraction of sp³-hybridized carbons (Fsp3) is 0.522. The third-order valence-electron chi connectivity index (χ3n) is 20.7. The van der Waals surface area contributed by atoms with E-state index in [1.54, 1.807) is 21.6 Å². The number of phenols is 1. The fourth-order valence-corrected chi connectivity index (χ4v) is 19.3. The van der Waals surface area contributed by atoms with Crippen molar-refractivity contribution in [3.8, 4) is 23.3 Å². The first kappa shape index (κ1) is 54.7. The molecular weight excluding hydrogens is 1020 g/mol. The first-order valence-electron chi connectivity index (χ1n) is 29.7. The zero-order chi connectivity index (χ0) is 54.4. The first-order chi connectivity index (χ1) is 38.5. The van der Waals surface area contributed by atoms with Crippen molar-refractivity contribution in [1.82, 2.24) is 10.3 Å². The van der Waals surface area contributed by atoms with Crippen molar-refractivity contribution in [3.05, 3.63) is 165 Å². The second kappa shape index (κ2) is 23.2. The van der Waals surface area contributed by atoms with E-state index in [2.05, 4.69) is 114 Å². The number of fused-ring (bicyclic) bond motifs is 6. The number of dihydropyridines is 1. The molecule has 8 aliphatic rings. The summed E-state index contributed by atoms with van der Waals surface area (Å²) in [7, 11) is 3.27. The molecule has 10 nitrogen and oxygen atoms in total. The van der Waals surface area contributed by atoms with E-state index in [0.29, 0.717) is 56.0 Å². The number of aromatic amines is 1. The Morgan fingerprint density at radius 1 is 0.873 bits per heavy atom. The van der Waals surface area contributed by atoms with Gasteiger partial charge in [-0.05, 0) is 170 Å². The van der Waals surface area contributed by atoms with Crippen LogP contribution in [0.4, 0.5) is 0 Å². The number of aliphatic hydroxyl groups is 5. The zero-order valence-electron chi connectivity index (χ0n) is 45.7. The summed E-state index contributed by atoms with van der Waals surface area (Å²) >= 11 is 0. The molecule has 2 aliphatic heterocycles. The van der Waals surface area contributed by atoms with E-state index < -0.39 is 47.6 Å². The Labute approximate surface area is 475 Å². The number of rotatable bonds is 8. The van der Waals surface area contributed by atoms with Crippen molar-refractivity contribution in [2.24, 2.45) is 63.9 Å². The van der Waals surface area contributed by atoms with Gasteiger partial charge in [-0.1, -0.05) is 131 Å². The molecule has 4 aromatic rings. The van der Waals surface area contributed by atoms with Gasteiger partial charge in [0.15, 0.2) is 11.5 Å². The molecule has 2 bridgehead atoms. The lowest BCUT2D eigenvalue weighted by molar-refractivity contribution is -0.0945. The third kappa shape index (κ3) is 10.2. The van der Waals surface area contributed by atoms with Crippen molar-refractivity contribution >= 4 is 21.6 Å². The zero-order valence-corrected chi connectivity index (χ0v) is 47.3. The minimum atomic E-state index is -1.06. The summed E-state index contributed by atoms with van der Waals surface area (Å²) in [6.07, 6.45) is 17.9. The average molecular weight is 1100 g/mol. The number of nitrogens with two attached hydrogens (primary N) is 1. The highest BCUT2D eigenvalue weighted by atomic mass is 33.1. The van der Waals surface area contributed by atoms with Crippen LogP contribution < -0.4 is 15.8 Å². The maximum absolute atomic E-state index is 12.8. The lowest BCUT2D eigenvalue weighted by atomic mass is 9.40. The summed E-state index contributed by atoms with van der Waals surface area (Å²) in [5.41, 5.74) is 16.5. The quantitative estimate of drug-likeness (QED) is 0.0465. The number of ether oxygens (including phenoxy) is 1. The van der Waals surface area contributed by atoms with Crippen molar-refractivity contribution < 1.29 is 35.4 Å². The van der Waals surface area contributed by atoms with Crippen LogP contribution in [0.1, 0.15) is 110 Å². The predicted molar refractivity (Wildman–Crippen MR) is 316 cm³/mol. The monoisotopic (exact) mass is 1100 g/mol. The van der Waals surface area contributed by atoms with Gasteiger partial charge in [-0.25, -0.2) is 0 Å². The van der Waals surface area contributed by atoms with Crippen molar-refractivity contribution in [3.63, 3.8) is 0 Å². The molecule has 3 aromatic carbocycles. The molecule has 0 radical (unpaired) electrons. The van der Waals surface area contributed by atoms with Crippen molar-refractivity contribution in [1.29, 1.82) is 0 Å². The molecule has 10 N–H and O–H groups in total. The summed E-state index contributed by atoms with van der Waals surface area (Å²) in [4.78, 5) is 3.39. The van der Waals surface area contributed by atoms with Crippen LogP contribution in [0.2, 0.25) is 0 Å². The van der Waals surface area contributed by atoms with E-state index in [0.717, 1.165) is 79.3 Å². The molecule has 418 valence electrons. The Morgan fingerprint density at radius 2 is 1.71 bits per heavy atom. The van der Waals surface area contributed by atoms with E-state index in [1.807, 2.05) is 24.4 Å². The van der Waals surface area contributed by atoms with Gasteiger partial charge in [0, 0.05) is 83.7 Å². The summed E-state index contributed by atoms with van der Waals surface area (Å²) in [5, 5.41) is 75.8. The highest BCUT2D eigenvalue weighted by Gasteiger charge is 2.63. The minimum absolute atomic E-state index is 0.00644. The fourth-order valence-electron chi connectivity index (χ4n) is 16.8. The van der Waals surface area contributed by atoms with Gasteiger partial charge in [-0.2, -0.15) is 0 Å². The smallest absolute Gasteiger partial charge is 0.161 e. The van der Waals surface area contributed by atoms with Gasteiger partial charge in [0.25, 0.3) is 0 Å². The number of hydrogen-bond acceptors (Lipinski definition) is 11. The van der Waals surface area contributed by atoms with Crippen LogP contribution in [0, 0.1) is 70.0 Å². The number of phenolic OH excluding ortho intramolecular Hbond substituents is 1. The van der Waals surface area contributed by atoms with Gasteiger partial charge in [-0.15, -0.1) is 0 Å². The molecule has 12 rings (SSSR count). The maximum atomic E-state index is 12.8. The summed E-state index contributed by atoms with van der Waals surface area (Å²) < 4.78 is 7.01. The second-order valence-corrected chi connectivity index (χ2v) is 27.1. The number of aromatic nitrogens is 1. The predicted octanol–water partition coefficient (Wildman–Crippen LogP) is 10.1. The molecule has 79 heavy (non-hydrogen) atoms. The van der Waals surface area contributed by atoms with E-state index in [9.17, 15) is 30.6 Å². The number of aliphatic hydroxyl groups excluding tert-OH is 5. The Morgan fingerprint density at radius 3 is 2.51 bits per heavy atom. The summed E-state index contributed by atoms with van der Waals surface area (Å²) in [6.45, 7) is 2.62. The SMILES string of the molecule is CC[C@H]1Cc2cc(O)c(O[C@@H]3C[C@H](Cc4ccc[nH]4)C4=CCNC(N)=C4CSSC[C@H](CO)[C@H]3O)cc2[C@H]2C[C@@H](O)[C@H]3[C@H](C#C[C@]45C[C@@H](c6ccccc6)[C@@H]6Cc7ccccc7CCC[C@@]6(C=C[C@H]4CCC[C@@H]3O)[C@@H]5CO)C=C12. The standard InChI is InChI=1S/C67H81N3O7S2/c1-2-40-27-45-31-58(74)60(77-61-32-46(28-49-17-10-25-69-49)50-21-26-70-65(68)55(50)39-79-78-38-47(36-71)64(61)76)34-52(45)53-33-59(75)63-44(29-51(40)53)19-23-67-35-54(42-12-4-3-5-13-42)56-30-43-14-7-6-11-41(43)15-9-22-66(56,62(67)37-72)24-20-48(67)16-8-18-57(63)73/h3-7,10-14,17,20-21,24-25,29,31,34,40,44,46-48,53-54,56-57,59,61-64,69-76H,2,8-9,15-16,18,22,26-28,30,32-33,35-39,68H2,1H3/t40-,44+,46-,47-,48+,53-,54-,56-,57-,59+,61+,62-,63-,64+,66-,67-/m0/s1. The van der Waals surface area contributed by atoms with E-state index in [-0.39, 0.29) is 71.6 Å². The number of aryl methyl sites for hydroxylation is 1. The molecule has 1 aromatic heterocycles. The lowest BCUT2D eigenvalue weighted by Crippen LogP contribution is -2.59. The van der Waals surface area contributed by atoms with E-state index in [4.69, 9.17) is 10.5 Å². The van der Waals surface area contributed by atoms with Crippen molar-refractivity contribution in [2.45, 2.75) is 127 Å². The molecule has 1 saturated heterocycles. The van der Waals surface area contributed by atoms with Crippen LogP contribution in [0.5, 0.6) is 11.5 Å². The normalized spacial score (nSPS) is 36.2. The van der Waals surface area contributed by atoms with Gasteiger partial charge in [0.1, 0.15) is 11.9 Å². The molecule has 1 saturated carbocycles. The molecule has 16 atom stereocenters. The molecular formula is C67H81N3O7S2. The average Bonchev–Trinajstić information content (AvgIpc) is 3.72. The highest BCUT2D eigenvalue weighted by Crippen LogP contribution is 2.68. The highest BCUT2D eigenvalue weighted by molar-refractivity contribution is 8.76. The van der Waals surface area contributed by atoms with Crippen LogP contribution in [0.25, 0.3) is 0 Å². The third-order valence-corrected chi connectivity index (χ3v) is 23.1. The van der Waals surface area contributed by atoms with Crippen molar-refractivity contribution in [2.75, 3.05) is 31.3 Å². The Balaban J connectivity index is 0.934. The van der Waals surface area contributed by atoms with Gasteiger partial charge < -0.3 is 51.4 Å². The van der Waals surface area contributed by atoms with Gasteiger partial charge in [-0.3, -0.25) is 0 Å². The second-order valence-electron chi connectivity index (χ2n) is 24.6. The van der Waals surface area contributed by atoms with Gasteiger partial charge >= 0.3 is 0 Å². The number of nitrogens with one attached hydrogen (secondary N) is 2. The van der Waals surface area contributed by atoms with E-state index >= 15 is 0 Å². The largest absolute Gasteiger partial charge is 0.504 e. The number of hydrogen-bond donors (Lipinski definition) is 9. The van der Waals surface area contributed by atoms with Crippen LogP contribution in [-0.4, -0.2) is 91.3 Å². The number of aromatic hydroxyl groups is 1. The Bertz CT molecular complexity index is 3020. The molecule has 12 heteroatoms. The minimum Gasteiger partial charge on any atom is -0.504 e. The van der Waals surface area contributed by atoms with Crippen LogP contribution in [-0.2, 0) is 25.7 Å². The lowest BCUT2D eigenvalue weighted by Gasteiger charge is -2.63. The maximum Gasteiger partial charge on any atom is 0.161 e. The molecule has 0 amide bonds. The first-order valence-corrected chi connectivity index (χ1v) is 32.1. The number of benzene rings is 3. The Hall–Kier alpha value is -4.84. The number of allylic oxidation sites excluding steroid dienone is 5.